The average Bonchev–Trinajstić information content (AvgIpc) is 1.69. The number of rotatable bonds is 0. The van der Waals surface area contributed by atoms with Crippen molar-refractivity contribution in [3.8, 4) is 0 Å². The van der Waals surface area contributed by atoms with Crippen molar-refractivity contribution in [3.05, 3.63) is 14.0 Å². The Kier molecular flexibility index (Phi) is 18.3. The molecule has 0 nitrogen and oxygen atoms in total. The van der Waals surface area contributed by atoms with E-state index in [9.17, 15) is 0 Å². The average molecular weight is 234 g/mol. The molecule has 0 saturated carbocycles. The molecule has 0 radical (unpaired) electrons. The van der Waals surface area contributed by atoms with E-state index >= 15 is 0 Å². The summed E-state index contributed by atoms with van der Waals surface area (Å²) < 4.78 is 0. The van der Waals surface area contributed by atoms with Crippen LogP contribution in [0.4, 0.5) is 0 Å². The summed E-state index contributed by atoms with van der Waals surface area (Å²) in [5, 5.41) is 0. The van der Waals surface area contributed by atoms with Crippen molar-refractivity contribution < 1.29 is 0 Å². The second kappa shape index (κ2) is 10.5. The van der Waals surface area contributed by atoms with Gasteiger partial charge in [0.05, 0.1) is 0 Å². The van der Waals surface area contributed by atoms with Gasteiger partial charge >= 0.3 is 23.1 Å². The summed E-state index contributed by atoms with van der Waals surface area (Å²) in [4.78, 5) is 0. The van der Waals surface area contributed by atoms with Crippen LogP contribution in [0.3, 0.4) is 0 Å². The van der Waals surface area contributed by atoms with Crippen molar-refractivity contribution >= 4 is 48.8 Å². The van der Waals surface area contributed by atoms with Gasteiger partial charge in [-0.2, -0.15) is 0 Å². The van der Waals surface area contributed by atoms with E-state index in [2.05, 4.69) is 6.55 Å². The van der Waals surface area contributed by atoms with Crippen LogP contribution in [-0.4, -0.2) is 31.8 Å². The normalized spacial score (nSPS) is 17.7. The van der Waals surface area contributed by atoms with Crippen molar-refractivity contribution in [1.82, 2.24) is 0 Å². The summed E-state index contributed by atoms with van der Waals surface area (Å²) in [6.07, 6.45) is 4.46. The Hall–Kier alpha value is 1.46. The standard InChI is InChI=1S/C6H13Si.CH3.BrH.Mg/c1-7-5-3-2-4-6-7;;;/h7H,1-6H2;1H3;1H;/q2*-1;;+2. The molecule has 1 rings (SSSR count). The third-order valence-electron chi connectivity index (χ3n) is 1.72. The second-order valence-electron chi connectivity index (χ2n) is 2.50. The zero-order valence-electron chi connectivity index (χ0n) is 6.94. The Balaban J connectivity index is -0.000000163. The van der Waals surface area contributed by atoms with Crippen LogP contribution in [0.2, 0.25) is 12.1 Å². The number of halogens is 1. The maximum atomic E-state index is 4.14. The summed E-state index contributed by atoms with van der Waals surface area (Å²) in [7, 11) is -0.345. The van der Waals surface area contributed by atoms with E-state index in [1.54, 1.807) is 0 Å². The van der Waals surface area contributed by atoms with Gasteiger partial charge < -0.3 is 14.0 Å². The Morgan fingerprint density at radius 2 is 1.40 bits per heavy atom. The van der Waals surface area contributed by atoms with E-state index in [1.165, 1.54) is 31.4 Å². The van der Waals surface area contributed by atoms with Crippen LogP contribution < -0.4 is 0 Å². The number of hydrogen-bond acceptors (Lipinski definition) is 0. The fourth-order valence-corrected chi connectivity index (χ4v) is 3.21. The van der Waals surface area contributed by atoms with Gasteiger partial charge in [0, 0.05) is 0 Å². The molecule has 0 N–H and O–H groups in total. The molecule has 1 heterocycles. The molecule has 1 aliphatic heterocycles. The summed E-state index contributed by atoms with van der Waals surface area (Å²) in [5.41, 5.74) is 0. The molecule has 3 heteroatoms. The van der Waals surface area contributed by atoms with E-state index in [1.807, 2.05) is 0 Å². The van der Waals surface area contributed by atoms with Gasteiger partial charge in [0.1, 0.15) is 0 Å². The van der Waals surface area contributed by atoms with Crippen LogP contribution in [0.15, 0.2) is 0 Å². The minimum Gasteiger partial charge on any atom is -0.358 e. The Morgan fingerprint density at radius 3 is 1.60 bits per heavy atom. The van der Waals surface area contributed by atoms with E-state index < -0.39 is 0 Å². The molecule has 0 aromatic heterocycles. The Bertz CT molecular complexity index is 55.6. The zero-order chi connectivity index (χ0) is 5.11. The van der Waals surface area contributed by atoms with Crippen LogP contribution in [0.5, 0.6) is 0 Å². The smallest absolute Gasteiger partial charge is 0.358 e. The summed E-state index contributed by atoms with van der Waals surface area (Å²) in [6.45, 7) is 4.14. The molecule has 10 heavy (non-hydrogen) atoms. The van der Waals surface area contributed by atoms with E-state index in [4.69, 9.17) is 0 Å². The SMILES string of the molecule is Br.[CH2-][SiH]1CCCCC1.[CH3-].[Mg+2]. The monoisotopic (exact) mass is 232 g/mol. The third-order valence-corrected chi connectivity index (χ3v) is 4.17. The quantitative estimate of drug-likeness (QED) is 0.445. The summed E-state index contributed by atoms with van der Waals surface area (Å²) in [6, 6.07) is 3.03. The first-order chi connectivity index (χ1) is 3.39. The topological polar surface area (TPSA) is 0 Å². The first-order valence-corrected chi connectivity index (χ1v) is 5.67. The molecule has 0 bridgehead atoms. The maximum absolute atomic E-state index is 4.14. The molecule has 0 atom stereocenters. The van der Waals surface area contributed by atoms with Gasteiger partial charge in [-0.15, -0.1) is 25.8 Å². The van der Waals surface area contributed by atoms with E-state index in [0.717, 1.165) is 0 Å². The van der Waals surface area contributed by atoms with Crippen LogP contribution in [0, 0.1) is 14.0 Å². The maximum Gasteiger partial charge on any atom is 2.00 e. The van der Waals surface area contributed by atoms with Crippen LogP contribution >= 0.6 is 17.0 Å². The first kappa shape index (κ1) is 17.5. The van der Waals surface area contributed by atoms with Crippen molar-refractivity contribution in [3.63, 3.8) is 0 Å². The van der Waals surface area contributed by atoms with E-state index in [-0.39, 0.29) is 56.3 Å². The van der Waals surface area contributed by atoms with Crippen molar-refractivity contribution in [2.45, 2.75) is 31.4 Å². The second-order valence-corrected chi connectivity index (χ2v) is 5.39. The molecule has 1 fully saturated rings. The van der Waals surface area contributed by atoms with Gasteiger partial charge in [0.2, 0.25) is 0 Å². The van der Waals surface area contributed by atoms with Crippen molar-refractivity contribution in [2.75, 3.05) is 0 Å². The predicted octanol–water partition coefficient (Wildman–Crippen LogP) is 2.42. The van der Waals surface area contributed by atoms with Crippen LogP contribution in [0.1, 0.15) is 19.3 Å². The van der Waals surface area contributed by atoms with Gasteiger partial charge in [0.15, 0.2) is 0 Å². The fraction of sp³-hybridized carbons (Fsp3) is 0.714. The van der Waals surface area contributed by atoms with Gasteiger partial charge in [-0.05, 0) is 0 Å². The summed E-state index contributed by atoms with van der Waals surface area (Å²) >= 11 is 0. The minimum atomic E-state index is -0.345. The third kappa shape index (κ3) is 7.57. The molecule has 0 amide bonds. The van der Waals surface area contributed by atoms with Gasteiger partial charge in [0.25, 0.3) is 0 Å². The molecular weight excluding hydrogens is 216 g/mol. The van der Waals surface area contributed by atoms with Crippen molar-refractivity contribution in [2.24, 2.45) is 0 Å². The molecule has 0 aromatic carbocycles. The minimum absolute atomic E-state index is 0. The molecular formula is C7H17BrMgSi. The Morgan fingerprint density at radius 1 is 1.00 bits per heavy atom. The number of hydrogen-bond donors (Lipinski definition) is 0. The molecule has 1 saturated heterocycles. The molecule has 58 valence electrons. The van der Waals surface area contributed by atoms with Crippen LogP contribution in [0.25, 0.3) is 0 Å². The van der Waals surface area contributed by atoms with Crippen LogP contribution in [-0.2, 0) is 0 Å². The zero-order valence-corrected chi connectivity index (χ0v) is 11.2. The first-order valence-electron chi connectivity index (χ1n) is 3.22. The summed E-state index contributed by atoms with van der Waals surface area (Å²) in [5.74, 6) is 0. The molecule has 0 spiro atoms. The molecule has 0 aromatic rings. The van der Waals surface area contributed by atoms with Gasteiger partial charge in [-0.3, -0.25) is 0 Å². The van der Waals surface area contributed by atoms with E-state index in [0.29, 0.717) is 0 Å². The van der Waals surface area contributed by atoms with Gasteiger partial charge in [-0.25, -0.2) is 0 Å². The Labute approximate surface area is 93.7 Å². The van der Waals surface area contributed by atoms with Gasteiger partial charge in [-0.1, -0.05) is 31.4 Å². The van der Waals surface area contributed by atoms with Crippen molar-refractivity contribution in [1.29, 1.82) is 0 Å². The molecule has 1 aliphatic rings. The molecule has 0 aliphatic carbocycles. The predicted molar refractivity (Wildman–Crippen MR) is 58.5 cm³/mol. The fourth-order valence-electron chi connectivity index (χ4n) is 1.19. The molecule has 0 unspecified atom stereocenters. The largest absolute Gasteiger partial charge is 2.00 e.